The van der Waals surface area contributed by atoms with Crippen molar-refractivity contribution in [1.29, 1.82) is 5.26 Å². The average Bonchev–Trinajstić information content (AvgIpc) is 2.46. The lowest BCUT2D eigenvalue weighted by Crippen LogP contribution is -2.24. The molecule has 21 heavy (non-hydrogen) atoms. The molecular weight excluding hydrogens is 310 g/mol. The van der Waals surface area contributed by atoms with Gasteiger partial charge in [-0.3, -0.25) is 4.98 Å². The maximum atomic E-state index is 12.2. The first kappa shape index (κ1) is 15.4. The number of hydrogen-bond acceptors (Lipinski definition) is 4. The molecule has 0 unspecified atom stereocenters. The van der Waals surface area contributed by atoms with Crippen LogP contribution in [0.4, 0.5) is 0 Å². The Labute approximate surface area is 128 Å². The molecule has 0 saturated carbocycles. The number of hydrogen-bond donors (Lipinski definition) is 1. The molecule has 0 saturated heterocycles. The van der Waals surface area contributed by atoms with Crippen LogP contribution in [0.1, 0.15) is 16.7 Å². The second-order valence-corrected chi connectivity index (χ2v) is 6.53. The zero-order valence-electron chi connectivity index (χ0n) is 11.2. The van der Waals surface area contributed by atoms with Gasteiger partial charge in [-0.25, -0.2) is 13.1 Å². The minimum absolute atomic E-state index is 0.0180. The van der Waals surface area contributed by atoms with Crippen molar-refractivity contribution in [1.82, 2.24) is 9.71 Å². The largest absolute Gasteiger partial charge is 0.264 e. The van der Waals surface area contributed by atoms with E-state index in [-0.39, 0.29) is 16.5 Å². The third-order valence-electron chi connectivity index (χ3n) is 2.95. The molecule has 0 spiro atoms. The molecule has 1 heterocycles. The van der Waals surface area contributed by atoms with Gasteiger partial charge in [0, 0.05) is 18.9 Å². The number of aryl methyl sites for hydroxylation is 1. The fourth-order valence-corrected chi connectivity index (χ4v) is 3.27. The van der Waals surface area contributed by atoms with Gasteiger partial charge in [0.15, 0.2) is 0 Å². The van der Waals surface area contributed by atoms with Crippen LogP contribution in [0.2, 0.25) is 5.02 Å². The number of rotatable bonds is 4. The predicted octanol–water partition coefficient (Wildman–Crippen LogP) is 2.39. The van der Waals surface area contributed by atoms with Gasteiger partial charge < -0.3 is 0 Å². The molecule has 0 fully saturated rings. The summed E-state index contributed by atoms with van der Waals surface area (Å²) in [5.41, 5.74) is 2.03. The highest BCUT2D eigenvalue weighted by Gasteiger charge is 2.18. The monoisotopic (exact) mass is 321 g/mol. The normalized spacial score (nSPS) is 11.1. The molecule has 2 aromatic rings. The third kappa shape index (κ3) is 3.58. The highest BCUT2D eigenvalue weighted by Crippen LogP contribution is 2.22. The summed E-state index contributed by atoms with van der Waals surface area (Å²) in [6.07, 6.45) is 3.25. The van der Waals surface area contributed by atoms with Crippen molar-refractivity contribution in [2.75, 3.05) is 0 Å². The van der Waals surface area contributed by atoms with Crippen LogP contribution in [0, 0.1) is 18.3 Å². The smallest absolute Gasteiger partial charge is 0.242 e. The predicted molar refractivity (Wildman–Crippen MR) is 79.2 cm³/mol. The lowest BCUT2D eigenvalue weighted by Gasteiger charge is -2.09. The van der Waals surface area contributed by atoms with E-state index in [0.29, 0.717) is 5.56 Å². The van der Waals surface area contributed by atoms with E-state index >= 15 is 0 Å². The van der Waals surface area contributed by atoms with Crippen LogP contribution in [0.15, 0.2) is 41.6 Å². The van der Waals surface area contributed by atoms with Crippen LogP contribution in [-0.4, -0.2) is 13.4 Å². The van der Waals surface area contributed by atoms with Gasteiger partial charge in [0.2, 0.25) is 10.0 Å². The summed E-state index contributed by atoms with van der Waals surface area (Å²) in [6.45, 7) is 2.00. The standard InChI is InChI=1S/C14H12ClN3O2S/c1-10-4-5-17-8-12(10)9-18-21(19,20)14-3-2-11(7-16)6-13(14)15/h2-6,8,18H,9H2,1H3. The summed E-state index contributed by atoms with van der Waals surface area (Å²) < 4.78 is 27.0. The van der Waals surface area contributed by atoms with Gasteiger partial charge in [-0.1, -0.05) is 11.6 Å². The minimum Gasteiger partial charge on any atom is -0.264 e. The molecule has 0 bridgehead atoms. The molecule has 7 heteroatoms. The SMILES string of the molecule is Cc1ccncc1CNS(=O)(=O)c1ccc(C#N)cc1Cl. The summed E-state index contributed by atoms with van der Waals surface area (Å²) in [5, 5.41) is 8.78. The maximum Gasteiger partial charge on any atom is 0.242 e. The van der Waals surface area contributed by atoms with Crippen molar-refractivity contribution in [2.24, 2.45) is 0 Å². The Morgan fingerprint density at radius 1 is 1.38 bits per heavy atom. The van der Waals surface area contributed by atoms with Crippen LogP contribution in [0.25, 0.3) is 0 Å². The van der Waals surface area contributed by atoms with E-state index in [1.807, 2.05) is 13.0 Å². The molecular formula is C14H12ClN3O2S. The van der Waals surface area contributed by atoms with E-state index in [0.717, 1.165) is 11.1 Å². The second-order valence-electron chi connectivity index (χ2n) is 4.38. The molecule has 0 atom stereocenters. The zero-order chi connectivity index (χ0) is 15.5. The van der Waals surface area contributed by atoms with E-state index < -0.39 is 10.0 Å². The third-order valence-corrected chi connectivity index (χ3v) is 4.83. The Kier molecular flexibility index (Phi) is 4.58. The highest BCUT2D eigenvalue weighted by molar-refractivity contribution is 7.89. The first-order valence-corrected chi connectivity index (χ1v) is 7.89. The van der Waals surface area contributed by atoms with E-state index in [1.165, 1.54) is 18.2 Å². The van der Waals surface area contributed by atoms with E-state index in [1.54, 1.807) is 18.5 Å². The van der Waals surface area contributed by atoms with Crippen LogP contribution in [-0.2, 0) is 16.6 Å². The molecule has 1 N–H and O–H groups in total. The minimum atomic E-state index is -3.75. The fourth-order valence-electron chi connectivity index (χ4n) is 1.72. The van der Waals surface area contributed by atoms with Gasteiger partial charge in [0.05, 0.1) is 16.7 Å². The van der Waals surface area contributed by atoms with Gasteiger partial charge >= 0.3 is 0 Å². The van der Waals surface area contributed by atoms with Crippen molar-refractivity contribution in [2.45, 2.75) is 18.4 Å². The topological polar surface area (TPSA) is 82.8 Å². The summed E-state index contributed by atoms with van der Waals surface area (Å²) in [4.78, 5) is 3.91. The highest BCUT2D eigenvalue weighted by atomic mass is 35.5. The molecule has 0 aliphatic rings. The number of benzene rings is 1. The summed E-state index contributed by atoms with van der Waals surface area (Å²) in [5.74, 6) is 0. The quantitative estimate of drug-likeness (QED) is 0.937. The zero-order valence-corrected chi connectivity index (χ0v) is 12.7. The molecule has 0 amide bonds. The number of pyridine rings is 1. The van der Waals surface area contributed by atoms with Crippen LogP contribution >= 0.6 is 11.6 Å². The second kappa shape index (κ2) is 6.22. The Bertz CT molecular complexity index is 813. The number of aromatic nitrogens is 1. The Morgan fingerprint density at radius 2 is 2.14 bits per heavy atom. The number of halogens is 1. The summed E-state index contributed by atoms with van der Waals surface area (Å²) in [7, 11) is -3.75. The van der Waals surface area contributed by atoms with Gasteiger partial charge in [-0.2, -0.15) is 5.26 Å². The first-order valence-electron chi connectivity index (χ1n) is 6.03. The fraction of sp³-hybridized carbons (Fsp3) is 0.143. The van der Waals surface area contributed by atoms with Gasteiger partial charge in [0.1, 0.15) is 4.90 Å². The molecule has 0 aliphatic heterocycles. The Morgan fingerprint density at radius 3 is 2.76 bits per heavy atom. The van der Waals surface area contributed by atoms with Crippen molar-refractivity contribution >= 4 is 21.6 Å². The summed E-state index contributed by atoms with van der Waals surface area (Å²) in [6, 6.07) is 7.76. The maximum absolute atomic E-state index is 12.2. The number of sulfonamides is 1. The van der Waals surface area contributed by atoms with Crippen molar-refractivity contribution in [3.8, 4) is 6.07 Å². The van der Waals surface area contributed by atoms with Crippen LogP contribution in [0.5, 0.6) is 0 Å². The van der Waals surface area contributed by atoms with Crippen molar-refractivity contribution in [3.63, 3.8) is 0 Å². The van der Waals surface area contributed by atoms with E-state index in [9.17, 15) is 8.42 Å². The lowest BCUT2D eigenvalue weighted by molar-refractivity contribution is 0.581. The number of nitrogens with one attached hydrogen (secondary N) is 1. The van der Waals surface area contributed by atoms with E-state index in [4.69, 9.17) is 16.9 Å². The Balaban J connectivity index is 2.24. The number of nitriles is 1. The molecule has 0 radical (unpaired) electrons. The lowest BCUT2D eigenvalue weighted by atomic mass is 10.2. The molecule has 1 aromatic heterocycles. The Hall–Kier alpha value is -1.94. The molecule has 2 rings (SSSR count). The van der Waals surface area contributed by atoms with Crippen LogP contribution in [0.3, 0.4) is 0 Å². The molecule has 5 nitrogen and oxygen atoms in total. The van der Waals surface area contributed by atoms with Gasteiger partial charge in [-0.05, 0) is 42.3 Å². The van der Waals surface area contributed by atoms with Crippen molar-refractivity contribution in [3.05, 3.63) is 58.4 Å². The summed E-state index contributed by atoms with van der Waals surface area (Å²) >= 11 is 5.92. The molecule has 1 aromatic carbocycles. The number of nitrogens with zero attached hydrogens (tertiary/aromatic N) is 2. The first-order chi connectivity index (χ1) is 9.94. The van der Waals surface area contributed by atoms with Gasteiger partial charge in [0.25, 0.3) is 0 Å². The van der Waals surface area contributed by atoms with Crippen LogP contribution < -0.4 is 4.72 Å². The molecule has 108 valence electrons. The molecule has 0 aliphatic carbocycles. The average molecular weight is 322 g/mol. The van der Waals surface area contributed by atoms with Gasteiger partial charge in [-0.15, -0.1) is 0 Å². The van der Waals surface area contributed by atoms with E-state index in [2.05, 4.69) is 9.71 Å². The van der Waals surface area contributed by atoms with Crippen molar-refractivity contribution < 1.29 is 8.42 Å².